The summed E-state index contributed by atoms with van der Waals surface area (Å²) in [6.45, 7) is 2.80. The molecule has 1 aliphatic heterocycles. The van der Waals surface area contributed by atoms with E-state index in [1.54, 1.807) is 30.2 Å². The standard InChI is InChI=1S/C22H26FN7O4/c1-2-34-20(32)22(13-16-14-30(28-25-16)17-5-3-4-15(23)12-17)8-10-29(11-9-22)19(31)7-6-18-24-21(33)27-26-18/h3-5,12,14H,2,6-11,13H2,1H3,(H2,24,26,27,33). The van der Waals surface area contributed by atoms with Gasteiger partial charge < -0.3 is 9.64 Å². The highest BCUT2D eigenvalue weighted by atomic mass is 19.1. The van der Waals surface area contributed by atoms with Gasteiger partial charge in [-0.15, -0.1) is 5.10 Å². The van der Waals surface area contributed by atoms with Crippen LogP contribution in [0.5, 0.6) is 0 Å². The molecule has 0 aliphatic carbocycles. The van der Waals surface area contributed by atoms with Gasteiger partial charge in [-0.1, -0.05) is 11.3 Å². The Labute approximate surface area is 194 Å². The summed E-state index contributed by atoms with van der Waals surface area (Å²) in [7, 11) is 0. The molecule has 1 fully saturated rings. The third-order valence-electron chi connectivity index (χ3n) is 6.04. The first kappa shape index (κ1) is 23.3. The number of hydrogen-bond donors (Lipinski definition) is 2. The van der Waals surface area contributed by atoms with Gasteiger partial charge in [0.2, 0.25) is 5.91 Å². The normalized spacial score (nSPS) is 15.3. The molecule has 0 bridgehead atoms. The van der Waals surface area contributed by atoms with Crippen molar-refractivity contribution in [3.8, 4) is 5.69 Å². The predicted octanol–water partition coefficient (Wildman–Crippen LogP) is 1.17. The van der Waals surface area contributed by atoms with E-state index in [0.717, 1.165) is 0 Å². The highest BCUT2D eigenvalue weighted by Crippen LogP contribution is 2.36. The number of aromatic nitrogens is 6. The number of aromatic amines is 2. The quantitative estimate of drug-likeness (QED) is 0.470. The van der Waals surface area contributed by atoms with Crippen LogP contribution in [0, 0.1) is 11.2 Å². The van der Waals surface area contributed by atoms with Gasteiger partial charge in [-0.2, -0.15) is 5.10 Å². The average molecular weight is 471 g/mol. The number of carbonyl (C=O) groups is 2. The molecule has 180 valence electrons. The third kappa shape index (κ3) is 5.21. The highest BCUT2D eigenvalue weighted by molar-refractivity contribution is 5.79. The molecule has 3 heterocycles. The number of hydrogen-bond acceptors (Lipinski definition) is 7. The number of aryl methyl sites for hydroxylation is 1. The van der Waals surface area contributed by atoms with Crippen molar-refractivity contribution in [1.29, 1.82) is 0 Å². The Kier molecular flexibility index (Phi) is 6.85. The Morgan fingerprint density at radius 3 is 2.74 bits per heavy atom. The molecule has 1 amide bonds. The SMILES string of the molecule is CCOC(=O)C1(Cc2cn(-c3cccc(F)c3)nn2)CCN(C(=O)CCc2n[nH]c(=O)[nH]2)CC1. The molecule has 12 heteroatoms. The van der Waals surface area contributed by atoms with Crippen molar-refractivity contribution in [3.05, 3.63) is 58.3 Å². The summed E-state index contributed by atoms with van der Waals surface area (Å²) in [5.74, 6) is -0.347. The maximum absolute atomic E-state index is 13.6. The molecule has 3 aromatic rings. The second kappa shape index (κ2) is 9.98. The van der Waals surface area contributed by atoms with Crippen molar-refractivity contribution >= 4 is 11.9 Å². The fraction of sp³-hybridized carbons (Fsp3) is 0.455. The second-order valence-corrected chi connectivity index (χ2v) is 8.32. The van der Waals surface area contributed by atoms with Gasteiger partial charge in [0.05, 0.1) is 29.6 Å². The van der Waals surface area contributed by atoms with Gasteiger partial charge in [-0.3, -0.25) is 14.6 Å². The lowest BCUT2D eigenvalue weighted by atomic mass is 9.74. The number of carbonyl (C=O) groups excluding carboxylic acids is 2. The summed E-state index contributed by atoms with van der Waals surface area (Å²) in [6.07, 6.45) is 3.35. The van der Waals surface area contributed by atoms with E-state index in [9.17, 15) is 18.8 Å². The summed E-state index contributed by atoms with van der Waals surface area (Å²) in [5.41, 5.74) is -0.126. The Balaban J connectivity index is 1.43. The molecule has 4 rings (SSSR count). The van der Waals surface area contributed by atoms with E-state index in [-0.39, 0.29) is 30.7 Å². The van der Waals surface area contributed by atoms with Gasteiger partial charge in [-0.05, 0) is 38.0 Å². The number of benzene rings is 1. The van der Waals surface area contributed by atoms with Crippen LogP contribution in [-0.4, -0.2) is 66.6 Å². The van der Waals surface area contributed by atoms with Crippen LogP contribution < -0.4 is 5.69 Å². The van der Waals surface area contributed by atoms with Gasteiger partial charge in [0.15, 0.2) is 0 Å². The van der Waals surface area contributed by atoms with E-state index in [0.29, 0.717) is 56.0 Å². The fourth-order valence-electron chi connectivity index (χ4n) is 4.20. The van der Waals surface area contributed by atoms with Crippen LogP contribution in [0.2, 0.25) is 0 Å². The number of H-pyrrole nitrogens is 2. The molecular weight excluding hydrogens is 445 g/mol. The number of amides is 1. The molecule has 0 saturated carbocycles. The lowest BCUT2D eigenvalue weighted by Crippen LogP contribution is -2.48. The largest absolute Gasteiger partial charge is 0.466 e. The lowest BCUT2D eigenvalue weighted by Gasteiger charge is -2.39. The number of piperidine rings is 1. The highest BCUT2D eigenvalue weighted by Gasteiger charge is 2.44. The monoisotopic (exact) mass is 471 g/mol. The number of halogens is 1. The lowest BCUT2D eigenvalue weighted by molar-refractivity contribution is -0.160. The summed E-state index contributed by atoms with van der Waals surface area (Å²) in [5, 5.41) is 14.4. The Bertz CT molecular complexity index is 1210. The van der Waals surface area contributed by atoms with Crippen molar-refractivity contribution < 1.29 is 18.7 Å². The minimum atomic E-state index is -0.830. The molecule has 2 N–H and O–H groups in total. The maximum atomic E-state index is 13.6. The molecule has 11 nitrogen and oxygen atoms in total. The van der Waals surface area contributed by atoms with E-state index in [1.165, 1.54) is 16.8 Å². The molecular formula is C22H26FN7O4. The molecule has 0 spiro atoms. The zero-order valence-electron chi connectivity index (χ0n) is 18.8. The molecule has 0 unspecified atom stereocenters. The van der Waals surface area contributed by atoms with Gasteiger partial charge in [0, 0.05) is 32.4 Å². The average Bonchev–Trinajstić information content (AvgIpc) is 3.47. The van der Waals surface area contributed by atoms with Crippen molar-refractivity contribution in [3.63, 3.8) is 0 Å². The van der Waals surface area contributed by atoms with Gasteiger partial charge in [0.1, 0.15) is 11.6 Å². The molecule has 0 radical (unpaired) electrons. The first-order chi connectivity index (χ1) is 16.4. The van der Waals surface area contributed by atoms with Crippen LogP contribution in [0.1, 0.15) is 37.7 Å². The molecule has 1 aliphatic rings. The zero-order valence-corrected chi connectivity index (χ0v) is 18.8. The molecule has 34 heavy (non-hydrogen) atoms. The molecule has 2 aromatic heterocycles. The fourth-order valence-corrected chi connectivity index (χ4v) is 4.20. The molecule has 0 atom stereocenters. The number of ether oxygens (including phenoxy) is 1. The Morgan fingerprint density at radius 1 is 1.26 bits per heavy atom. The summed E-state index contributed by atoms with van der Waals surface area (Å²) in [4.78, 5) is 41.0. The zero-order chi connectivity index (χ0) is 24.1. The number of esters is 1. The van der Waals surface area contributed by atoms with Crippen molar-refractivity contribution in [2.24, 2.45) is 5.41 Å². The van der Waals surface area contributed by atoms with Crippen LogP contribution in [0.15, 0.2) is 35.3 Å². The Hall–Kier alpha value is -3.83. The van der Waals surface area contributed by atoms with Gasteiger partial charge in [-0.25, -0.2) is 19.0 Å². The van der Waals surface area contributed by atoms with E-state index >= 15 is 0 Å². The van der Waals surface area contributed by atoms with E-state index in [4.69, 9.17) is 4.74 Å². The first-order valence-electron chi connectivity index (χ1n) is 11.1. The summed E-state index contributed by atoms with van der Waals surface area (Å²) < 4.78 is 20.4. The van der Waals surface area contributed by atoms with Crippen LogP contribution in [0.3, 0.4) is 0 Å². The summed E-state index contributed by atoms with van der Waals surface area (Å²) in [6, 6.07) is 6.00. The van der Waals surface area contributed by atoms with Gasteiger partial charge in [0.25, 0.3) is 0 Å². The van der Waals surface area contributed by atoms with Crippen molar-refractivity contribution in [2.75, 3.05) is 19.7 Å². The van der Waals surface area contributed by atoms with Crippen molar-refractivity contribution in [1.82, 2.24) is 35.1 Å². The van der Waals surface area contributed by atoms with Crippen LogP contribution in [0.25, 0.3) is 5.69 Å². The number of nitrogens with one attached hydrogen (secondary N) is 2. The van der Waals surface area contributed by atoms with Crippen LogP contribution in [0.4, 0.5) is 4.39 Å². The third-order valence-corrected chi connectivity index (χ3v) is 6.04. The number of rotatable bonds is 8. The minimum absolute atomic E-state index is 0.0710. The van der Waals surface area contributed by atoms with E-state index in [1.807, 2.05) is 0 Å². The van der Waals surface area contributed by atoms with Crippen LogP contribution >= 0.6 is 0 Å². The number of likely N-dealkylation sites (tertiary alicyclic amines) is 1. The van der Waals surface area contributed by atoms with Crippen molar-refractivity contribution in [2.45, 2.75) is 39.0 Å². The summed E-state index contributed by atoms with van der Waals surface area (Å²) >= 11 is 0. The smallest absolute Gasteiger partial charge is 0.340 e. The Morgan fingerprint density at radius 2 is 2.06 bits per heavy atom. The van der Waals surface area contributed by atoms with E-state index < -0.39 is 11.1 Å². The predicted molar refractivity (Wildman–Crippen MR) is 117 cm³/mol. The van der Waals surface area contributed by atoms with Crippen LogP contribution in [-0.2, 0) is 27.2 Å². The molecule has 1 saturated heterocycles. The first-order valence-corrected chi connectivity index (χ1v) is 11.1. The topological polar surface area (TPSA) is 139 Å². The van der Waals surface area contributed by atoms with E-state index in [2.05, 4.69) is 25.5 Å². The number of nitrogens with zero attached hydrogens (tertiary/aromatic N) is 5. The second-order valence-electron chi connectivity index (χ2n) is 8.32. The molecule has 1 aromatic carbocycles. The maximum Gasteiger partial charge on any atom is 0.340 e. The van der Waals surface area contributed by atoms with Gasteiger partial charge >= 0.3 is 11.7 Å². The minimum Gasteiger partial charge on any atom is -0.466 e.